The smallest absolute Gasteiger partial charge is 0.0897 e. The lowest BCUT2D eigenvalue weighted by molar-refractivity contribution is 0.314. The minimum absolute atomic E-state index is 0.620. The van der Waals surface area contributed by atoms with Crippen molar-refractivity contribution < 1.29 is 0 Å². The van der Waals surface area contributed by atoms with E-state index in [1.165, 1.54) is 12.1 Å². The fourth-order valence-corrected chi connectivity index (χ4v) is 2.09. The van der Waals surface area contributed by atoms with Gasteiger partial charge in [0.1, 0.15) is 0 Å². The van der Waals surface area contributed by atoms with Crippen molar-refractivity contribution in [2.45, 2.75) is 39.8 Å². The minimum atomic E-state index is 0.620. The van der Waals surface area contributed by atoms with E-state index in [0.717, 1.165) is 24.6 Å². The van der Waals surface area contributed by atoms with Crippen LogP contribution in [0, 0.1) is 6.92 Å². The van der Waals surface area contributed by atoms with E-state index in [1.54, 1.807) is 11.3 Å². The summed E-state index contributed by atoms with van der Waals surface area (Å²) in [6.45, 7) is 9.56. The summed E-state index contributed by atoms with van der Waals surface area (Å²) in [7, 11) is 2.15. The molecule has 1 atom stereocenters. The molecule has 0 saturated carbocycles. The van der Waals surface area contributed by atoms with Crippen LogP contribution in [0.2, 0.25) is 0 Å². The molecule has 0 spiro atoms. The summed E-state index contributed by atoms with van der Waals surface area (Å²) in [5.74, 6) is 0. The van der Waals surface area contributed by atoms with Crippen LogP contribution in [0.25, 0.3) is 0 Å². The molecule has 0 saturated heterocycles. The molecule has 1 aromatic heterocycles. The summed E-state index contributed by atoms with van der Waals surface area (Å²) in [5.41, 5.74) is 1.19. The van der Waals surface area contributed by atoms with Crippen molar-refractivity contribution in [2.24, 2.45) is 0 Å². The lowest BCUT2D eigenvalue weighted by atomic mass is 10.2. The van der Waals surface area contributed by atoms with Gasteiger partial charge < -0.3 is 5.32 Å². The van der Waals surface area contributed by atoms with Gasteiger partial charge in [-0.25, -0.2) is 4.98 Å². The first-order valence-corrected chi connectivity index (χ1v) is 6.82. The van der Waals surface area contributed by atoms with E-state index in [0.29, 0.717) is 6.04 Å². The van der Waals surface area contributed by atoms with Crippen LogP contribution in [0.3, 0.4) is 0 Å². The van der Waals surface area contributed by atoms with Crippen LogP contribution in [-0.4, -0.2) is 36.1 Å². The summed E-state index contributed by atoms with van der Waals surface area (Å²) in [6, 6.07) is 0.620. The van der Waals surface area contributed by atoms with E-state index in [4.69, 9.17) is 0 Å². The third-order valence-electron chi connectivity index (χ3n) is 2.70. The van der Waals surface area contributed by atoms with Gasteiger partial charge in [-0.15, -0.1) is 11.3 Å². The molecule has 0 radical (unpaired) electrons. The Labute approximate surface area is 103 Å². The van der Waals surface area contributed by atoms with Crippen molar-refractivity contribution in [2.75, 3.05) is 20.1 Å². The number of likely N-dealkylation sites (N-methyl/N-ethyl adjacent to an activating group) is 1. The molecule has 0 fully saturated rings. The molecule has 16 heavy (non-hydrogen) atoms. The van der Waals surface area contributed by atoms with Crippen molar-refractivity contribution in [3.05, 3.63) is 16.1 Å². The molecule has 0 amide bonds. The predicted molar refractivity (Wildman–Crippen MR) is 70.9 cm³/mol. The highest BCUT2D eigenvalue weighted by Gasteiger charge is 2.04. The van der Waals surface area contributed by atoms with Crippen LogP contribution in [-0.2, 0) is 6.54 Å². The largest absolute Gasteiger partial charge is 0.313 e. The molecule has 0 aliphatic heterocycles. The maximum Gasteiger partial charge on any atom is 0.0897 e. The predicted octanol–water partition coefficient (Wildman–Crippen LogP) is 2.27. The monoisotopic (exact) mass is 241 g/mol. The third-order valence-corrected chi connectivity index (χ3v) is 3.52. The zero-order valence-corrected chi connectivity index (χ0v) is 11.6. The fraction of sp³-hybridized carbons (Fsp3) is 0.750. The highest BCUT2D eigenvalue weighted by molar-refractivity contribution is 7.09. The minimum Gasteiger partial charge on any atom is -0.313 e. The summed E-state index contributed by atoms with van der Waals surface area (Å²) in [6.07, 6.45) is 1.19. The Kier molecular flexibility index (Phi) is 5.95. The highest BCUT2D eigenvalue weighted by Crippen LogP contribution is 2.09. The van der Waals surface area contributed by atoms with E-state index < -0.39 is 0 Å². The number of rotatable bonds is 7. The van der Waals surface area contributed by atoms with Crippen LogP contribution >= 0.6 is 11.3 Å². The second-order valence-electron chi connectivity index (χ2n) is 4.36. The molecule has 0 aliphatic rings. The van der Waals surface area contributed by atoms with E-state index in [1.807, 2.05) is 0 Å². The maximum atomic E-state index is 4.47. The van der Waals surface area contributed by atoms with Crippen molar-refractivity contribution in [1.29, 1.82) is 0 Å². The van der Waals surface area contributed by atoms with Gasteiger partial charge in [-0.3, -0.25) is 4.90 Å². The second-order valence-corrected chi connectivity index (χ2v) is 5.42. The molecule has 0 aromatic carbocycles. The molecule has 1 aromatic rings. The van der Waals surface area contributed by atoms with E-state index in [2.05, 4.69) is 48.4 Å². The third kappa shape index (κ3) is 5.05. The van der Waals surface area contributed by atoms with Gasteiger partial charge in [0.05, 0.1) is 10.7 Å². The number of hydrogen-bond acceptors (Lipinski definition) is 4. The summed E-state index contributed by atoms with van der Waals surface area (Å²) >= 11 is 1.73. The van der Waals surface area contributed by atoms with Crippen molar-refractivity contribution in [3.8, 4) is 0 Å². The molecular weight excluding hydrogens is 218 g/mol. The average Bonchev–Trinajstić information content (AvgIpc) is 2.63. The first kappa shape index (κ1) is 13.6. The van der Waals surface area contributed by atoms with Crippen LogP contribution in [0.4, 0.5) is 0 Å². The molecule has 4 heteroatoms. The zero-order valence-electron chi connectivity index (χ0n) is 10.8. The quantitative estimate of drug-likeness (QED) is 0.794. The van der Waals surface area contributed by atoms with Crippen LogP contribution in [0.1, 0.15) is 31.0 Å². The molecule has 1 rings (SSSR count). The number of aromatic nitrogens is 1. The van der Waals surface area contributed by atoms with Gasteiger partial charge >= 0.3 is 0 Å². The Balaban J connectivity index is 2.18. The van der Waals surface area contributed by atoms with Gasteiger partial charge in [-0.05, 0) is 27.3 Å². The molecule has 1 unspecified atom stereocenters. The van der Waals surface area contributed by atoms with Crippen LogP contribution in [0.5, 0.6) is 0 Å². The highest BCUT2D eigenvalue weighted by atomic mass is 32.1. The molecule has 92 valence electrons. The van der Waals surface area contributed by atoms with E-state index in [-0.39, 0.29) is 0 Å². The normalized spacial score (nSPS) is 13.3. The van der Waals surface area contributed by atoms with Gasteiger partial charge in [-0.2, -0.15) is 0 Å². The molecule has 3 nitrogen and oxygen atoms in total. The van der Waals surface area contributed by atoms with Gasteiger partial charge in [-0.1, -0.05) is 6.92 Å². The molecule has 0 aliphatic carbocycles. The van der Waals surface area contributed by atoms with Crippen molar-refractivity contribution in [3.63, 3.8) is 0 Å². The Hall–Kier alpha value is -0.450. The maximum absolute atomic E-state index is 4.47. The molecule has 0 bridgehead atoms. The number of aryl methyl sites for hydroxylation is 1. The van der Waals surface area contributed by atoms with Crippen LogP contribution in [0.15, 0.2) is 5.38 Å². The molecule has 1 heterocycles. The van der Waals surface area contributed by atoms with Gasteiger partial charge in [0.2, 0.25) is 0 Å². The Bertz CT molecular complexity index is 298. The van der Waals surface area contributed by atoms with Gasteiger partial charge in [0.25, 0.3) is 0 Å². The van der Waals surface area contributed by atoms with E-state index in [9.17, 15) is 0 Å². The zero-order chi connectivity index (χ0) is 12.0. The standard InChI is InChI=1S/C12H23N3S/c1-5-10(2)13-6-7-15(4)8-12-9-16-11(3)14-12/h9-10,13H,5-8H2,1-4H3. The topological polar surface area (TPSA) is 28.2 Å². The molecule has 1 N–H and O–H groups in total. The molecular formula is C12H23N3S. The first-order chi connectivity index (χ1) is 7.61. The van der Waals surface area contributed by atoms with E-state index >= 15 is 0 Å². The lowest BCUT2D eigenvalue weighted by Crippen LogP contribution is -2.33. The SMILES string of the molecule is CCC(C)NCCN(C)Cc1csc(C)n1. The van der Waals surface area contributed by atoms with Crippen molar-refractivity contribution in [1.82, 2.24) is 15.2 Å². The summed E-state index contributed by atoms with van der Waals surface area (Å²) in [4.78, 5) is 6.78. The van der Waals surface area contributed by atoms with Gasteiger partial charge in [0, 0.05) is 31.1 Å². The second kappa shape index (κ2) is 6.99. The van der Waals surface area contributed by atoms with Crippen LogP contribution < -0.4 is 5.32 Å². The fourth-order valence-electron chi connectivity index (χ4n) is 1.48. The number of thiazole rings is 1. The number of nitrogens with one attached hydrogen (secondary N) is 1. The first-order valence-electron chi connectivity index (χ1n) is 5.94. The average molecular weight is 241 g/mol. The number of nitrogens with zero attached hydrogens (tertiary/aromatic N) is 2. The number of hydrogen-bond donors (Lipinski definition) is 1. The van der Waals surface area contributed by atoms with Gasteiger partial charge in [0.15, 0.2) is 0 Å². The Morgan fingerprint density at radius 1 is 1.56 bits per heavy atom. The summed E-state index contributed by atoms with van der Waals surface area (Å²) in [5, 5.41) is 6.80. The van der Waals surface area contributed by atoms with Crippen molar-refractivity contribution >= 4 is 11.3 Å². The Morgan fingerprint density at radius 3 is 2.88 bits per heavy atom. The summed E-state index contributed by atoms with van der Waals surface area (Å²) < 4.78 is 0. The lowest BCUT2D eigenvalue weighted by Gasteiger charge is -2.17. The Morgan fingerprint density at radius 2 is 2.31 bits per heavy atom.